The van der Waals surface area contributed by atoms with Gasteiger partial charge in [-0.25, -0.2) is 4.79 Å². The number of benzene rings is 3. The van der Waals surface area contributed by atoms with Crippen LogP contribution < -0.4 is 14.9 Å². The van der Waals surface area contributed by atoms with Gasteiger partial charge in [-0.1, -0.05) is 6.07 Å². The molecular formula is C39H42O20. The Hall–Kier alpha value is -5.52. The lowest BCUT2D eigenvalue weighted by Gasteiger charge is -2.46. The molecule has 2 aliphatic rings. The van der Waals surface area contributed by atoms with Crippen LogP contribution in [0.1, 0.15) is 18.4 Å². The number of esters is 1. The van der Waals surface area contributed by atoms with E-state index in [0.717, 1.165) is 24.3 Å². The lowest BCUT2D eigenvalue weighted by atomic mass is 9.92. The van der Waals surface area contributed by atoms with Crippen LogP contribution in [0.3, 0.4) is 0 Å². The van der Waals surface area contributed by atoms with Crippen LogP contribution in [0.25, 0.3) is 28.4 Å². The highest BCUT2D eigenvalue weighted by molar-refractivity contribution is 5.90. The molecule has 20 nitrogen and oxygen atoms in total. The van der Waals surface area contributed by atoms with Gasteiger partial charge in [0.1, 0.15) is 71.3 Å². The van der Waals surface area contributed by atoms with E-state index < -0.39 is 115 Å². The topological polar surface area (TPSA) is 336 Å². The van der Waals surface area contributed by atoms with E-state index >= 15 is 0 Å². The third-order valence-corrected chi connectivity index (χ3v) is 9.74. The van der Waals surface area contributed by atoms with E-state index in [-0.39, 0.29) is 53.2 Å². The van der Waals surface area contributed by atoms with Gasteiger partial charge in [-0.3, -0.25) is 4.79 Å². The van der Waals surface area contributed by atoms with E-state index in [1.807, 2.05) is 0 Å². The van der Waals surface area contributed by atoms with Crippen LogP contribution >= 0.6 is 0 Å². The van der Waals surface area contributed by atoms with Gasteiger partial charge in [-0.05, 0) is 54.8 Å². The number of phenolic OH excluding ortho intramolecular Hbond substituents is 5. The normalized spacial score (nSPS) is 27.2. The highest BCUT2D eigenvalue weighted by atomic mass is 16.7. The molecule has 318 valence electrons. The van der Waals surface area contributed by atoms with E-state index in [2.05, 4.69) is 0 Å². The van der Waals surface area contributed by atoms with Crippen molar-refractivity contribution in [1.29, 1.82) is 0 Å². The molecule has 2 saturated heterocycles. The maximum absolute atomic E-state index is 13.8. The molecule has 0 amide bonds. The van der Waals surface area contributed by atoms with Gasteiger partial charge < -0.3 is 89.4 Å². The second-order valence-corrected chi connectivity index (χ2v) is 13.8. The largest absolute Gasteiger partial charge is 0.508 e. The predicted octanol–water partition coefficient (Wildman–Crippen LogP) is -0.568. The number of ether oxygens (including phenoxy) is 5. The molecule has 4 unspecified atom stereocenters. The van der Waals surface area contributed by atoms with Crippen LogP contribution in [0.5, 0.6) is 40.2 Å². The van der Waals surface area contributed by atoms with Gasteiger partial charge in [0.25, 0.3) is 0 Å². The summed E-state index contributed by atoms with van der Waals surface area (Å²) < 4.78 is 34.0. The second-order valence-electron chi connectivity index (χ2n) is 13.8. The summed E-state index contributed by atoms with van der Waals surface area (Å²) >= 11 is 0. The number of aromatic hydroxyl groups is 5. The number of phenols is 5. The molecule has 0 aliphatic carbocycles. The molecule has 3 heterocycles. The number of carbonyl (C=O) groups is 1. The Morgan fingerprint density at radius 2 is 1.44 bits per heavy atom. The van der Waals surface area contributed by atoms with Crippen LogP contribution in [-0.2, 0) is 19.0 Å². The third-order valence-electron chi connectivity index (χ3n) is 9.74. The molecule has 1 aromatic heterocycles. The monoisotopic (exact) mass is 830 g/mol. The molecule has 2 aliphatic heterocycles. The first-order valence-electron chi connectivity index (χ1n) is 18.1. The molecule has 10 atom stereocenters. The fourth-order valence-electron chi connectivity index (χ4n) is 6.65. The van der Waals surface area contributed by atoms with Gasteiger partial charge in [0.15, 0.2) is 35.0 Å². The highest BCUT2D eigenvalue weighted by Crippen LogP contribution is 2.39. The maximum atomic E-state index is 13.8. The van der Waals surface area contributed by atoms with Gasteiger partial charge in [0, 0.05) is 23.8 Å². The summed E-state index contributed by atoms with van der Waals surface area (Å²) in [4.78, 5) is 26.3. The third kappa shape index (κ3) is 9.21. The number of fused-ring (bicyclic) bond motifs is 1. The number of carbonyl (C=O) groups excluding carboxylic acids is 1. The molecule has 59 heavy (non-hydrogen) atoms. The first-order valence-corrected chi connectivity index (χ1v) is 18.1. The van der Waals surface area contributed by atoms with E-state index in [9.17, 15) is 70.9 Å². The van der Waals surface area contributed by atoms with Crippen molar-refractivity contribution in [2.24, 2.45) is 0 Å². The summed E-state index contributed by atoms with van der Waals surface area (Å²) in [5, 5.41) is 122. The Bertz CT molecular complexity index is 2220. The van der Waals surface area contributed by atoms with E-state index in [4.69, 9.17) is 28.1 Å². The summed E-state index contributed by atoms with van der Waals surface area (Å²) in [6.07, 6.45) is -13.6. The van der Waals surface area contributed by atoms with E-state index in [1.54, 1.807) is 0 Å². The van der Waals surface area contributed by atoms with Crippen LogP contribution in [0.15, 0.2) is 63.8 Å². The average molecular weight is 831 g/mol. The van der Waals surface area contributed by atoms with Gasteiger partial charge in [0.05, 0.1) is 25.9 Å². The summed E-state index contributed by atoms with van der Waals surface area (Å²) in [7, 11) is 0. The molecule has 2 fully saturated rings. The number of hydrogen-bond donors (Lipinski definition) is 12. The van der Waals surface area contributed by atoms with Crippen molar-refractivity contribution in [3.05, 3.63) is 70.4 Å². The van der Waals surface area contributed by atoms with Gasteiger partial charge >= 0.3 is 5.97 Å². The zero-order chi connectivity index (χ0) is 42.7. The number of aliphatic hydroxyl groups excluding tert-OH is 7. The lowest BCUT2D eigenvalue weighted by molar-refractivity contribution is -0.341. The molecule has 0 saturated carbocycles. The van der Waals surface area contributed by atoms with Crippen molar-refractivity contribution >= 4 is 23.0 Å². The van der Waals surface area contributed by atoms with Crippen molar-refractivity contribution in [3.63, 3.8) is 0 Å². The van der Waals surface area contributed by atoms with Crippen LogP contribution in [-0.4, -0.2) is 148 Å². The smallest absolute Gasteiger partial charge is 0.336 e. The predicted molar refractivity (Wildman–Crippen MR) is 198 cm³/mol. The summed E-state index contributed by atoms with van der Waals surface area (Å²) in [6.45, 7) is -1.78. The minimum atomic E-state index is -1.86. The zero-order valence-corrected chi connectivity index (χ0v) is 30.7. The number of hydrogen-bond acceptors (Lipinski definition) is 20. The van der Waals surface area contributed by atoms with E-state index in [0.29, 0.717) is 5.56 Å². The highest BCUT2D eigenvalue weighted by Gasteiger charge is 2.50. The summed E-state index contributed by atoms with van der Waals surface area (Å²) in [5.74, 6) is -4.43. The molecular weight excluding hydrogens is 788 g/mol. The fraction of sp³-hybridized carbons (Fsp3) is 0.385. The second kappa shape index (κ2) is 18.2. The summed E-state index contributed by atoms with van der Waals surface area (Å²) in [6, 6.07) is 9.39. The van der Waals surface area contributed by atoms with Crippen molar-refractivity contribution in [2.45, 2.75) is 74.1 Å². The minimum absolute atomic E-state index is 0.00390. The Labute approximate surface area is 332 Å². The molecule has 0 radical (unpaired) electrons. The van der Waals surface area contributed by atoms with Crippen molar-refractivity contribution < 1.29 is 94.2 Å². The lowest BCUT2D eigenvalue weighted by Crippen LogP contribution is -2.64. The van der Waals surface area contributed by atoms with Gasteiger partial charge in [-0.15, -0.1) is 0 Å². The standard InChI is InChI=1S/C39H42O20/c40-14-26-31(49)34(52)37(59-39-35(53)33(51)30(48)27(15-41)58-39)24(55-26)2-1-9-54-38-32(50)29-22(46)12-18(42)13-25(29)57-36(38)17-5-7-23(21(45)11-17)56-28(47)8-4-16-3-6-19(43)20(44)10-16/h3-8,10-13,24,26-27,30-31,33-35,37,39-46,48-49,51-53H,1-2,9,14-15H2/b8-4+/t24-,26?,27?,30+,31+,33-,34-,35?,37?,39-/m0/s1. The first-order chi connectivity index (χ1) is 28.1. The Morgan fingerprint density at radius 1 is 0.729 bits per heavy atom. The van der Waals surface area contributed by atoms with Crippen LogP contribution in [0.2, 0.25) is 0 Å². The zero-order valence-electron chi connectivity index (χ0n) is 30.7. The molecule has 12 N–H and O–H groups in total. The molecule has 20 heteroatoms. The molecule has 0 bridgehead atoms. The first kappa shape index (κ1) is 43.1. The SMILES string of the molecule is O=C(/C=C/c1ccc(O)c(O)c1)Oc1ccc(-c2oc3cc(O)cc(O)c3c(=O)c2OCCC[C@@H]2OC(CO)[C@@H](O)[C@H](O)C2O[C@@H]2OC(CO)[C@@H](O)[C@H](O)C2O)cc1O. The molecule has 6 rings (SSSR count). The van der Waals surface area contributed by atoms with Crippen molar-refractivity contribution in [3.8, 4) is 51.6 Å². The maximum Gasteiger partial charge on any atom is 0.336 e. The Balaban J connectivity index is 1.22. The van der Waals surface area contributed by atoms with Gasteiger partial charge in [0.2, 0.25) is 11.2 Å². The Kier molecular flexibility index (Phi) is 13.3. The van der Waals surface area contributed by atoms with Crippen LogP contribution in [0.4, 0.5) is 0 Å². The average Bonchev–Trinajstić information content (AvgIpc) is 3.20. The Morgan fingerprint density at radius 3 is 2.14 bits per heavy atom. The number of aliphatic hydroxyl groups is 7. The van der Waals surface area contributed by atoms with Crippen molar-refractivity contribution in [2.75, 3.05) is 19.8 Å². The molecule has 3 aromatic carbocycles. The quantitative estimate of drug-likeness (QED) is 0.0264. The summed E-state index contributed by atoms with van der Waals surface area (Å²) in [5.41, 5.74) is -0.788. The van der Waals surface area contributed by atoms with Crippen LogP contribution in [0, 0.1) is 0 Å². The minimum Gasteiger partial charge on any atom is -0.508 e. The van der Waals surface area contributed by atoms with Gasteiger partial charge in [-0.2, -0.15) is 0 Å². The van der Waals surface area contributed by atoms with Crippen molar-refractivity contribution in [1.82, 2.24) is 0 Å². The molecule has 0 spiro atoms. The van der Waals surface area contributed by atoms with E-state index in [1.165, 1.54) is 36.4 Å². The number of rotatable bonds is 13. The fourth-order valence-corrected chi connectivity index (χ4v) is 6.65. The molecule has 4 aromatic rings.